The fourth-order valence-corrected chi connectivity index (χ4v) is 5.15. The van der Waals surface area contributed by atoms with Gasteiger partial charge in [0.15, 0.2) is 0 Å². The largest absolute Gasteiger partial charge is 0.333 e. The molecule has 3 aromatic rings. The van der Waals surface area contributed by atoms with Gasteiger partial charge in [0.1, 0.15) is 5.82 Å². The van der Waals surface area contributed by atoms with Crippen LogP contribution < -0.4 is 5.56 Å². The summed E-state index contributed by atoms with van der Waals surface area (Å²) in [4.78, 5) is 34.3. The van der Waals surface area contributed by atoms with E-state index >= 15 is 0 Å². The van der Waals surface area contributed by atoms with Crippen molar-refractivity contribution in [2.75, 3.05) is 6.54 Å². The fourth-order valence-electron chi connectivity index (χ4n) is 5.02. The Morgan fingerprint density at radius 1 is 1.09 bits per heavy atom. The van der Waals surface area contributed by atoms with Crippen LogP contribution >= 0.6 is 11.6 Å². The number of hydrogen-bond donors (Lipinski definition) is 0. The summed E-state index contributed by atoms with van der Waals surface area (Å²) in [7, 11) is 0. The van der Waals surface area contributed by atoms with E-state index in [2.05, 4.69) is 6.92 Å². The summed E-state index contributed by atoms with van der Waals surface area (Å²) < 4.78 is 1.66. The van der Waals surface area contributed by atoms with E-state index in [1.54, 1.807) is 22.8 Å². The van der Waals surface area contributed by atoms with E-state index in [0.29, 0.717) is 34.0 Å². The monoisotopic (exact) mass is 479 g/mol. The van der Waals surface area contributed by atoms with Gasteiger partial charge in [-0.05, 0) is 62.6 Å². The molecule has 4 rings (SSSR count). The number of rotatable bonds is 8. The molecule has 0 radical (unpaired) electrons. The Morgan fingerprint density at radius 2 is 1.79 bits per heavy atom. The molecule has 0 bridgehead atoms. The van der Waals surface area contributed by atoms with E-state index in [1.807, 2.05) is 42.2 Å². The molecule has 1 fully saturated rings. The highest BCUT2D eigenvalue weighted by Gasteiger charge is 2.31. The summed E-state index contributed by atoms with van der Waals surface area (Å²) in [6, 6.07) is 14.3. The molecule has 1 aliphatic rings. The van der Waals surface area contributed by atoms with Gasteiger partial charge >= 0.3 is 0 Å². The summed E-state index contributed by atoms with van der Waals surface area (Å²) in [6.07, 6.45) is 8.42. The third-order valence-corrected chi connectivity index (χ3v) is 7.22. The van der Waals surface area contributed by atoms with Gasteiger partial charge < -0.3 is 4.90 Å². The number of benzene rings is 2. The maximum Gasteiger partial charge on any atom is 0.266 e. The maximum absolute atomic E-state index is 13.7. The normalized spacial score (nSPS) is 15.4. The first kappa shape index (κ1) is 24.5. The molecule has 0 saturated heterocycles. The average Bonchev–Trinajstić information content (AvgIpc) is 2.87. The molecule has 6 heteroatoms. The van der Waals surface area contributed by atoms with E-state index in [-0.39, 0.29) is 23.4 Å². The number of halogens is 1. The van der Waals surface area contributed by atoms with Crippen molar-refractivity contribution in [1.29, 1.82) is 0 Å². The van der Waals surface area contributed by atoms with Crippen molar-refractivity contribution < 1.29 is 4.79 Å². The number of fused-ring (bicyclic) bond motifs is 1. The van der Waals surface area contributed by atoms with E-state index in [9.17, 15) is 9.59 Å². The van der Waals surface area contributed by atoms with Crippen molar-refractivity contribution in [2.45, 2.75) is 71.3 Å². The second kappa shape index (κ2) is 11.2. The van der Waals surface area contributed by atoms with Gasteiger partial charge in [-0.15, -0.1) is 0 Å². The molecular weight excluding hydrogens is 446 g/mol. The average molecular weight is 480 g/mol. The topological polar surface area (TPSA) is 55.2 Å². The first-order valence-corrected chi connectivity index (χ1v) is 13.0. The third-order valence-electron chi connectivity index (χ3n) is 6.97. The van der Waals surface area contributed by atoms with Gasteiger partial charge in [-0.3, -0.25) is 14.2 Å². The fraction of sp³-hybridized carbons (Fsp3) is 0.464. The summed E-state index contributed by atoms with van der Waals surface area (Å²) >= 11 is 6.13. The summed E-state index contributed by atoms with van der Waals surface area (Å²) in [5, 5.41) is 1.17. The zero-order chi connectivity index (χ0) is 24.1. The number of hydrogen-bond acceptors (Lipinski definition) is 3. The van der Waals surface area contributed by atoms with Crippen LogP contribution in [-0.2, 0) is 4.79 Å². The van der Waals surface area contributed by atoms with E-state index in [1.165, 1.54) is 6.42 Å². The van der Waals surface area contributed by atoms with Crippen LogP contribution in [0, 0.1) is 5.92 Å². The molecule has 1 saturated carbocycles. The first-order chi connectivity index (χ1) is 16.5. The molecule has 180 valence electrons. The van der Waals surface area contributed by atoms with Gasteiger partial charge in [-0.2, -0.15) is 0 Å². The molecule has 1 unspecified atom stereocenters. The van der Waals surface area contributed by atoms with E-state index in [0.717, 1.165) is 44.9 Å². The lowest BCUT2D eigenvalue weighted by Gasteiger charge is -2.34. The predicted octanol–water partition coefficient (Wildman–Crippen LogP) is 6.70. The van der Waals surface area contributed by atoms with Crippen LogP contribution in [0.2, 0.25) is 5.02 Å². The number of unbranched alkanes of at least 4 members (excludes halogenated alkanes) is 2. The minimum atomic E-state index is -0.334. The van der Waals surface area contributed by atoms with Crippen molar-refractivity contribution in [3.8, 4) is 5.69 Å². The Balaban J connectivity index is 1.82. The highest BCUT2D eigenvalue weighted by atomic mass is 35.5. The smallest absolute Gasteiger partial charge is 0.266 e. The molecule has 5 nitrogen and oxygen atoms in total. The van der Waals surface area contributed by atoms with Crippen LogP contribution in [-0.4, -0.2) is 26.9 Å². The lowest BCUT2D eigenvalue weighted by Crippen LogP contribution is -2.41. The summed E-state index contributed by atoms with van der Waals surface area (Å²) in [5.74, 6) is 0.856. The molecule has 1 heterocycles. The Hall–Kier alpha value is -2.66. The highest BCUT2D eigenvalue weighted by molar-refractivity contribution is 6.30. The Kier molecular flexibility index (Phi) is 8.04. The van der Waals surface area contributed by atoms with Crippen molar-refractivity contribution >= 4 is 28.4 Å². The Morgan fingerprint density at radius 3 is 2.50 bits per heavy atom. The third kappa shape index (κ3) is 5.20. The minimum Gasteiger partial charge on any atom is -0.333 e. The van der Waals surface area contributed by atoms with Crippen molar-refractivity contribution in [2.24, 2.45) is 5.92 Å². The van der Waals surface area contributed by atoms with Crippen molar-refractivity contribution in [1.82, 2.24) is 14.5 Å². The number of nitrogens with zero attached hydrogens (tertiary/aromatic N) is 3. The van der Waals surface area contributed by atoms with Crippen LogP contribution in [0.3, 0.4) is 0 Å². The van der Waals surface area contributed by atoms with Gasteiger partial charge in [-0.1, -0.05) is 62.8 Å². The molecule has 1 amide bonds. The SMILES string of the molecule is CCCCCN(C(=O)C1CCCCC1)C(C)c1nc2ccccc2c(=O)n1-c1ccc(Cl)cc1. The maximum atomic E-state index is 13.7. The van der Waals surface area contributed by atoms with Crippen LogP contribution in [0.1, 0.15) is 77.1 Å². The van der Waals surface area contributed by atoms with Crippen molar-refractivity contribution in [3.05, 3.63) is 69.7 Å². The number of amides is 1. The van der Waals surface area contributed by atoms with E-state index in [4.69, 9.17) is 16.6 Å². The molecule has 0 aliphatic heterocycles. The lowest BCUT2D eigenvalue weighted by atomic mass is 9.88. The standard InChI is InChI=1S/C28H34ClN3O2/c1-3-4-10-19-31(27(33)21-11-6-5-7-12-21)20(2)26-30-25-14-9-8-13-24(25)28(34)32(26)23-17-15-22(29)16-18-23/h8-9,13-18,20-21H,3-7,10-12,19H2,1-2H3. The lowest BCUT2D eigenvalue weighted by molar-refractivity contribution is -0.139. The molecule has 0 N–H and O–H groups in total. The molecule has 1 aliphatic carbocycles. The van der Waals surface area contributed by atoms with Gasteiger partial charge in [0.05, 0.1) is 22.6 Å². The summed E-state index contributed by atoms with van der Waals surface area (Å²) in [5.41, 5.74) is 1.22. The molecule has 1 aromatic heterocycles. The van der Waals surface area contributed by atoms with Gasteiger partial charge in [0, 0.05) is 17.5 Å². The van der Waals surface area contributed by atoms with Crippen LogP contribution in [0.25, 0.3) is 16.6 Å². The highest BCUT2D eigenvalue weighted by Crippen LogP contribution is 2.30. The van der Waals surface area contributed by atoms with Crippen LogP contribution in [0.4, 0.5) is 0 Å². The predicted molar refractivity (Wildman–Crippen MR) is 139 cm³/mol. The molecule has 0 spiro atoms. The van der Waals surface area contributed by atoms with Gasteiger partial charge in [0.25, 0.3) is 5.56 Å². The summed E-state index contributed by atoms with van der Waals surface area (Å²) in [6.45, 7) is 4.85. The number of carbonyl (C=O) groups is 1. The van der Waals surface area contributed by atoms with Crippen LogP contribution in [0.15, 0.2) is 53.3 Å². The Bertz CT molecular complexity index is 1180. The van der Waals surface area contributed by atoms with Crippen molar-refractivity contribution in [3.63, 3.8) is 0 Å². The minimum absolute atomic E-state index is 0.0639. The Labute approximate surface area is 206 Å². The first-order valence-electron chi connectivity index (χ1n) is 12.6. The number of aromatic nitrogens is 2. The molecule has 2 aromatic carbocycles. The second-order valence-electron chi connectivity index (χ2n) is 9.35. The zero-order valence-electron chi connectivity index (χ0n) is 20.2. The van der Waals surface area contributed by atoms with Crippen LogP contribution in [0.5, 0.6) is 0 Å². The number of para-hydroxylation sites is 1. The van der Waals surface area contributed by atoms with E-state index < -0.39 is 0 Å². The quantitative estimate of drug-likeness (QED) is 0.338. The zero-order valence-corrected chi connectivity index (χ0v) is 20.9. The molecular formula is C28H34ClN3O2. The van der Waals surface area contributed by atoms with Gasteiger partial charge in [-0.25, -0.2) is 4.98 Å². The molecule has 1 atom stereocenters. The second-order valence-corrected chi connectivity index (χ2v) is 9.79. The van der Waals surface area contributed by atoms with Gasteiger partial charge in [0.2, 0.25) is 5.91 Å². The number of carbonyl (C=O) groups excluding carboxylic acids is 1. The molecule has 34 heavy (non-hydrogen) atoms.